The van der Waals surface area contributed by atoms with Gasteiger partial charge in [-0.1, -0.05) is 44.4 Å². The number of likely N-dealkylation sites (N-methyl/N-ethyl adjacent to an activating group) is 1. The lowest BCUT2D eigenvalue weighted by Crippen LogP contribution is -2.56. The minimum absolute atomic E-state index is 0.0615. The van der Waals surface area contributed by atoms with Crippen LogP contribution < -0.4 is 20.1 Å². The molecule has 270 valence electrons. The first-order valence-corrected chi connectivity index (χ1v) is 17.9. The zero-order valence-electron chi connectivity index (χ0n) is 29.9. The highest BCUT2D eigenvalue weighted by Crippen LogP contribution is 2.38. The number of piperidine rings is 1. The van der Waals surface area contributed by atoms with Gasteiger partial charge in [0.15, 0.2) is 11.5 Å². The summed E-state index contributed by atoms with van der Waals surface area (Å²) < 4.78 is 11.4. The number of nitrogens with one attached hydrogen (secondary N) is 3. The summed E-state index contributed by atoms with van der Waals surface area (Å²) in [6, 6.07) is 9.98. The molecule has 2 aliphatic heterocycles. The Morgan fingerprint density at radius 1 is 0.960 bits per heavy atom. The minimum atomic E-state index is -0.688. The maximum absolute atomic E-state index is 14.1. The molecule has 3 aromatic rings. The molecule has 3 unspecified atom stereocenters. The predicted octanol–water partition coefficient (Wildman–Crippen LogP) is 5.06. The van der Waals surface area contributed by atoms with Gasteiger partial charge < -0.3 is 34.9 Å². The molecule has 3 N–H and O–H groups in total. The molecule has 1 aromatic heterocycles. The van der Waals surface area contributed by atoms with Crippen LogP contribution in [0, 0.1) is 23.7 Å². The SMILES string of the molecule is CNC(=O)[C@H](CCCC(C)C)NC(=O)C1CN(C(=O)Cc2c[nH]c3cc(Cl)ccc23)CC2CN(C(=O)c3ccc(OC(C)C)c(OC)c3)CC21. The van der Waals surface area contributed by atoms with Gasteiger partial charge in [0.25, 0.3) is 5.91 Å². The number of halogens is 1. The smallest absolute Gasteiger partial charge is 0.254 e. The van der Waals surface area contributed by atoms with Crippen LogP contribution in [0.1, 0.15) is 62.9 Å². The first-order valence-electron chi connectivity index (χ1n) is 17.6. The Hall–Kier alpha value is -4.25. The average molecular weight is 708 g/mol. The van der Waals surface area contributed by atoms with Crippen molar-refractivity contribution in [3.63, 3.8) is 0 Å². The Morgan fingerprint density at radius 2 is 1.72 bits per heavy atom. The highest BCUT2D eigenvalue weighted by Gasteiger charge is 2.48. The summed E-state index contributed by atoms with van der Waals surface area (Å²) in [5.41, 5.74) is 2.14. The van der Waals surface area contributed by atoms with Crippen molar-refractivity contribution in [1.82, 2.24) is 25.4 Å². The van der Waals surface area contributed by atoms with Crippen LogP contribution in [0.3, 0.4) is 0 Å². The molecule has 50 heavy (non-hydrogen) atoms. The fourth-order valence-electron chi connectivity index (χ4n) is 7.29. The number of hydrogen-bond acceptors (Lipinski definition) is 6. The number of carbonyl (C=O) groups excluding carboxylic acids is 4. The van der Waals surface area contributed by atoms with E-state index in [0.29, 0.717) is 54.1 Å². The van der Waals surface area contributed by atoms with Crippen LogP contribution in [0.25, 0.3) is 10.9 Å². The van der Waals surface area contributed by atoms with Gasteiger partial charge in [-0.25, -0.2) is 0 Å². The maximum atomic E-state index is 14.1. The second kappa shape index (κ2) is 16.2. The van der Waals surface area contributed by atoms with E-state index in [1.54, 1.807) is 41.1 Å². The van der Waals surface area contributed by atoms with Crippen molar-refractivity contribution in [2.24, 2.45) is 23.7 Å². The predicted molar refractivity (Wildman–Crippen MR) is 193 cm³/mol. The quantitative estimate of drug-likeness (QED) is 0.228. The van der Waals surface area contributed by atoms with E-state index >= 15 is 0 Å². The van der Waals surface area contributed by atoms with E-state index in [0.717, 1.165) is 29.3 Å². The van der Waals surface area contributed by atoms with Crippen LogP contribution in [0.2, 0.25) is 5.02 Å². The largest absolute Gasteiger partial charge is 0.493 e. The van der Waals surface area contributed by atoms with E-state index in [1.807, 2.05) is 32.2 Å². The van der Waals surface area contributed by atoms with Crippen LogP contribution in [0.4, 0.5) is 0 Å². The van der Waals surface area contributed by atoms with Crippen molar-refractivity contribution in [1.29, 1.82) is 0 Å². The number of rotatable bonds is 13. The normalized spacial score (nSPS) is 19.4. The fourth-order valence-corrected chi connectivity index (χ4v) is 7.46. The summed E-state index contributed by atoms with van der Waals surface area (Å²) >= 11 is 6.17. The summed E-state index contributed by atoms with van der Waals surface area (Å²) in [5, 5.41) is 7.24. The highest BCUT2D eigenvalue weighted by atomic mass is 35.5. The second-order valence-electron chi connectivity index (χ2n) is 14.3. The molecule has 11 nitrogen and oxygen atoms in total. The van der Waals surface area contributed by atoms with Crippen LogP contribution in [0.5, 0.6) is 11.5 Å². The van der Waals surface area contributed by atoms with Crippen molar-refractivity contribution in [3.05, 3.63) is 58.7 Å². The molecule has 12 heteroatoms. The molecule has 2 aromatic carbocycles. The number of likely N-dealkylation sites (tertiary alicyclic amines) is 2. The summed E-state index contributed by atoms with van der Waals surface area (Å²) in [7, 11) is 3.10. The number of fused-ring (bicyclic) bond motifs is 2. The third-order valence-electron chi connectivity index (χ3n) is 9.86. The third-order valence-corrected chi connectivity index (χ3v) is 10.1. The van der Waals surface area contributed by atoms with Crippen molar-refractivity contribution in [2.75, 3.05) is 40.3 Å². The zero-order valence-corrected chi connectivity index (χ0v) is 30.6. The Bertz CT molecular complexity index is 1710. The summed E-state index contributed by atoms with van der Waals surface area (Å²) in [5.74, 6) is -0.232. The molecule has 2 saturated heterocycles. The molecule has 5 rings (SSSR count). The van der Waals surface area contributed by atoms with Crippen LogP contribution in [0.15, 0.2) is 42.6 Å². The van der Waals surface area contributed by atoms with Gasteiger partial charge in [0.1, 0.15) is 6.04 Å². The lowest BCUT2D eigenvalue weighted by atomic mass is 9.79. The zero-order chi connectivity index (χ0) is 36.1. The number of benzene rings is 2. The second-order valence-corrected chi connectivity index (χ2v) is 14.7. The van der Waals surface area contributed by atoms with Crippen LogP contribution in [-0.4, -0.2) is 90.9 Å². The topological polar surface area (TPSA) is 133 Å². The van der Waals surface area contributed by atoms with E-state index in [1.165, 1.54) is 7.11 Å². The van der Waals surface area contributed by atoms with Gasteiger partial charge in [0.2, 0.25) is 17.7 Å². The fraction of sp³-hybridized carbons (Fsp3) is 0.526. The van der Waals surface area contributed by atoms with Crippen LogP contribution in [-0.2, 0) is 20.8 Å². The Balaban J connectivity index is 1.38. The number of aromatic nitrogens is 1. The van der Waals surface area contributed by atoms with Crippen molar-refractivity contribution < 1.29 is 28.7 Å². The summed E-state index contributed by atoms with van der Waals surface area (Å²) in [6.07, 6.45) is 4.15. The van der Waals surface area contributed by atoms with Gasteiger partial charge in [-0.15, -0.1) is 0 Å². The Morgan fingerprint density at radius 3 is 2.42 bits per heavy atom. The number of methoxy groups -OCH3 is 1. The van der Waals surface area contributed by atoms with E-state index in [-0.39, 0.29) is 54.5 Å². The summed E-state index contributed by atoms with van der Waals surface area (Å²) in [4.78, 5) is 61.5. The number of ether oxygens (including phenoxy) is 2. The van der Waals surface area contributed by atoms with Gasteiger partial charge in [0, 0.05) is 60.9 Å². The molecule has 0 radical (unpaired) electrons. The summed E-state index contributed by atoms with van der Waals surface area (Å²) in [6.45, 7) is 9.47. The van der Waals surface area contributed by atoms with Crippen LogP contribution >= 0.6 is 11.6 Å². The molecule has 0 saturated carbocycles. The molecule has 0 spiro atoms. The van der Waals surface area contributed by atoms with Gasteiger partial charge in [-0.3, -0.25) is 19.2 Å². The Kier molecular flexibility index (Phi) is 12.0. The molecule has 0 aliphatic carbocycles. The Labute approximate surface area is 299 Å². The molecule has 3 heterocycles. The maximum Gasteiger partial charge on any atom is 0.254 e. The van der Waals surface area contributed by atoms with E-state index in [4.69, 9.17) is 21.1 Å². The van der Waals surface area contributed by atoms with Gasteiger partial charge >= 0.3 is 0 Å². The third kappa shape index (κ3) is 8.54. The number of nitrogens with zero attached hydrogens (tertiary/aromatic N) is 2. The molecular formula is C38H50ClN5O6. The molecule has 0 bridgehead atoms. The van der Waals surface area contributed by atoms with Gasteiger partial charge in [0.05, 0.1) is 25.6 Å². The number of hydrogen-bond donors (Lipinski definition) is 3. The van der Waals surface area contributed by atoms with Crippen molar-refractivity contribution in [2.45, 2.75) is 65.5 Å². The first kappa shape index (κ1) is 37.0. The van der Waals surface area contributed by atoms with Crippen molar-refractivity contribution >= 4 is 46.1 Å². The number of carbonyl (C=O) groups is 4. The first-order chi connectivity index (χ1) is 23.9. The van der Waals surface area contributed by atoms with Crippen molar-refractivity contribution in [3.8, 4) is 11.5 Å². The van der Waals surface area contributed by atoms with E-state index in [9.17, 15) is 19.2 Å². The number of amides is 4. The standard InChI is InChI=1S/C38H50ClN5O6/c1-22(2)8-7-9-31(37(47)40-5)42-36(46)30-21-43(35(45)15-25-17-41-32-16-27(39)11-12-28(25)32)18-26-19-44(20-29(26)30)38(48)24-10-13-33(50-23(3)4)34(14-24)49-6/h10-14,16-17,22-23,26,29-31,41H,7-9,15,18-21H2,1-6H3,(H,40,47)(H,42,46)/t26?,29?,30?,31-/m0/s1. The number of aromatic amines is 1. The van der Waals surface area contributed by atoms with E-state index in [2.05, 4.69) is 29.5 Å². The monoisotopic (exact) mass is 707 g/mol. The highest BCUT2D eigenvalue weighted by molar-refractivity contribution is 6.31. The van der Waals surface area contributed by atoms with E-state index < -0.39 is 12.0 Å². The molecular weight excluding hydrogens is 658 g/mol. The molecule has 4 amide bonds. The lowest BCUT2D eigenvalue weighted by molar-refractivity contribution is -0.140. The minimum Gasteiger partial charge on any atom is -0.493 e. The molecule has 2 aliphatic rings. The molecule has 2 fully saturated rings. The number of H-pyrrole nitrogens is 1. The molecule has 4 atom stereocenters. The average Bonchev–Trinajstić information content (AvgIpc) is 3.70. The van der Waals surface area contributed by atoms with Gasteiger partial charge in [-0.2, -0.15) is 0 Å². The van der Waals surface area contributed by atoms with Gasteiger partial charge in [-0.05, 0) is 73.9 Å². The lowest BCUT2D eigenvalue weighted by Gasteiger charge is -2.40.